The van der Waals surface area contributed by atoms with Crippen LogP contribution in [0.2, 0.25) is 0 Å². The minimum absolute atomic E-state index is 0.299. The maximum Gasteiger partial charge on any atom is 0.102 e. The first-order valence-electron chi connectivity index (χ1n) is 5.47. The van der Waals surface area contributed by atoms with Crippen LogP contribution in [0.3, 0.4) is 0 Å². The molecule has 0 saturated carbocycles. The standard InChI is InChI=1S/C12H17FN2/c13-5-6-14-9-15-12-7-10-3-1-2-4-11(10)8-12/h1-4,12,14-15H,5-9H2. The van der Waals surface area contributed by atoms with E-state index >= 15 is 0 Å². The Kier molecular flexibility index (Phi) is 3.69. The van der Waals surface area contributed by atoms with Gasteiger partial charge in [0.05, 0.1) is 0 Å². The molecule has 0 fully saturated rings. The van der Waals surface area contributed by atoms with Gasteiger partial charge >= 0.3 is 0 Å². The zero-order valence-corrected chi connectivity index (χ0v) is 8.80. The molecule has 0 aliphatic heterocycles. The van der Waals surface area contributed by atoms with E-state index in [9.17, 15) is 4.39 Å². The Balaban J connectivity index is 1.76. The van der Waals surface area contributed by atoms with Crippen molar-refractivity contribution < 1.29 is 4.39 Å². The van der Waals surface area contributed by atoms with E-state index in [4.69, 9.17) is 0 Å². The van der Waals surface area contributed by atoms with Crippen molar-refractivity contribution >= 4 is 0 Å². The van der Waals surface area contributed by atoms with Gasteiger partial charge in [-0.25, -0.2) is 4.39 Å². The summed E-state index contributed by atoms with van der Waals surface area (Å²) in [7, 11) is 0. The van der Waals surface area contributed by atoms with E-state index in [-0.39, 0.29) is 6.67 Å². The van der Waals surface area contributed by atoms with E-state index in [1.165, 1.54) is 11.1 Å². The third kappa shape index (κ3) is 2.76. The Hall–Kier alpha value is -0.930. The highest BCUT2D eigenvalue weighted by molar-refractivity contribution is 5.33. The van der Waals surface area contributed by atoms with E-state index in [2.05, 4.69) is 34.9 Å². The average molecular weight is 208 g/mol. The summed E-state index contributed by atoms with van der Waals surface area (Å²) in [6.45, 7) is 0.835. The predicted octanol–water partition coefficient (Wildman–Crippen LogP) is 1.26. The molecular weight excluding hydrogens is 191 g/mol. The number of benzene rings is 1. The van der Waals surface area contributed by atoms with Gasteiger partial charge in [-0.05, 0) is 24.0 Å². The van der Waals surface area contributed by atoms with Crippen molar-refractivity contribution in [1.29, 1.82) is 0 Å². The smallest absolute Gasteiger partial charge is 0.102 e. The van der Waals surface area contributed by atoms with Crippen molar-refractivity contribution in [2.24, 2.45) is 0 Å². The number of halogens is 1. The lowest BCUT2D eigenvalue weighted by Crippen LogP contribution is -2.38. The van der Waals surface area contributed by atoms with Crippen molar-refractivity contribution in [3.05, 3.63) is 35.4 Å². The first-order valence-corrected chi connectivity index (χ1v) is 5.47. The molecule has 2 nitrogen and oxygen atoms in total. The maximum atomic E-state index is 11.8. The second kappa shape index (κ2) is 5.24. The number of alkyl halides is 1. The fourth-order valence-corrected chi connectivity index (χ4v) is 2.07. The molecule has 15 heavy (non-hydrogen) atoms. The summed E-state index contributed by atoms with van der Waals surface area (Å²) in [6.07, 6.45) is 2.18. The first kappa shape index (κ1) is 10.6. The second-order valence-electron chi connectivity index (χ2n) is 3.94. The van der Waals surface area contributed by atoms with Crippen LogP contribution in [-0.2, 0) is 12.8 Å². The van der Waals surface area contributed by atoms with E-state index in [1.54, 1.807) is 0 Å². The summed E-state index contributed by atoms with van der Waals surface area (Å²) in [5.74, 6) is 0. The Morgan fingerprint density at radius 2 is 1.87 bits per heavy atom. The molecule has 0 unspecified atom stereocenters. The summed E-state index contributed by atoms with van der Waals surface area (Å²) < 4.78 is 11.8. The molecule has 0 saturated heterocycles. The number of fused-ring (bicyclic) bond motifs is 1. The van der Waals surface area contributed by atoms with Crippen LogP contribution >= 0.6 is 0 Å². The summed E-state index contributed by atoms with van der Waals surface area (Å²) in [4.78, 5) is 0. The molecule has 0 amide bonds. The average Bonchev–Trinajstić information content (AvgIpc) is 2.67. The van der Waals surface area contributed by atoms with Crippen LogP contribution in [0, 0.1) is 0 Å². The van der Waals surface area contributed by atoms with Crippen LogP contribution in [0.25, 0.3) is 0 Å². The molecule has 0 spiro atoms. The van der Waals surface area contributed by atoms with Gasteiger partial charge in [0.1, 0.15) is 6.67 Å². The van der Waals surface area contributed by atoms with Crippen LogP contribution in [-0.4, -0.2) is 25.9 Å². The minimum atomic E-state index is -0.299. The third-order valence-corrected chi connectivity index (χ3v) is 2.84. The fraction of sp³-hybridized carbons (Fsp3) is 0.500. The van der Waals surface area contributed by atoms with Gasteiger partial charge in [-0.3, -0.25) is 0 Å². The van der Waals surface area contributed by atoms with Gasteiger partial charge in [0.15, 0.2) is 0 Å². The summed E-state index contributed by atoms with van der Waals surface area (Å²) in [5.41, 5.74) is 2.89. The SMILES string of the molecule is FCCNCNC1Cc2ccccc2C1. The van der Waals surface area contributed by atoms with Crippen molar-refractivity contribution in [1.82, 2.24) is 10.6 Å². The number of hydrogen-bond donors (Lipinski definition) is 2. The minimum Gasteiger partial charge on any atom is -0.302 e. The highest BCUT2D eigenvalue weighted by Gasteiger charge is 2.19. The van der Waals surface area contributed by atoms with Gasteiger partial charge in [-0.2, -0.15) is 0 Å². The van der Waals surface area contributed by atoms with Gasteiger partial charge in [-0.1, -0.05) is 24.3 Å². The van der Waals surface area contributed by atoms with Crippen LogP contribution in [0.4, 0.5) is 4.39 Å². The van der Waals surface area contributed by atoms with Gasteiger partial charge in [0.25, 0.3) is 0 Å². The molecule has 3 heteroatoms. The third-order valence-electron chi connectivity index (χ3n) is 2.84. The second-order valence-corrected chi connectivity index (χ2v) is 3.94. The Bertz CT molecular complexity index is 289. The molecule has 1 aliphatic carbocycles. The van der Waals surface area contributed by atoms with Gasteiger partial charge in [0.2, 0.25) is 0 Å². The lowest BCUT2D eigenvalue weighted by atomic mass is 10.1. The first-order chi connectivity index (χ1) is 7.40. The van der Waals surface area contributed by atoms with E-state index in [0.29, 0.717) is 19.3 Å². The molecule has 0 bridgehead atoms. The molecular formula is C12H17FN2. The van der Waals surface area contributed by atoms with Crippen molar-refractivity contribution in [2.45, 2.75) is 18.9 Å². The molecule has 1 aromatic carbocycles. The summed E-state index contributed by atoms with van der Waals surface area (Å²) in [6, 6.07) is 9.05. The van der Waals surface area contributed by atoms with Gasteiger partial charge < -0.3 is 10.6 Å². The zero-order valence-electron chi connectivity index (χ0n) is 8.80. The number of rotatable bonds is 5. The topological polar surface area (TPSA) is 24.1 Å². The Labute approximate surface area is 89.9 Å². The zero-order chi connectivity index (χ0) is 10.5. The molecule has 0 heterocycles. The molecule has 0 aromatic heterocycles. The van der Waals surface area contributed by atoms with Crippen molar-refractivity contribution in [3.63, 3.8) is 0 Å². The Morgan fingerprint density at radius 1 is 1.20 bits per heavy atom. The molecule has 1 aromatic rings. The number of nitrogens with one attached hydrogen (secondary N) is 2. The van der Waals surface area contributed by atoms with E-state index in [1.807, 2.05) is 0 Å². The Morgan fingerprint density at radius 3 is 2.47 bits per heavy atom. The highest BCUT2D eigenvalue weighted by Crippen LogP contribution is 2.21. The van der Waals surface area contributed by atoms with Crippen molar-refractivity contribution in [2.75, 3.05) is 19.9 Å². The van der Waals surface area contributed by atoms with Crippen LogP contribution in [0.5, 0.6) is 0 Å². The largest absolute Gasteiger partial charge is 0.302 e. The summed E-state index contributed by atoms with van der Waals surface area (Å²) >= 11 is 0. The predicted molar refractivity (Wildman–Crippen MR) is 59.6 cm³/mol. The monoisotopic (exact) mass is 208 g/mol. The van der Waals surface area contributed by atoms with Crippen LogP contribution < -0.4 is 10.6 Å². The molecule has 82 valence electrons. The van der Waals surface area contributed by atoms with Crippen LogP contribution in [0.15, 0.2) is 24.3 Å². The van der Waals surface area contributed by atoms with E-state index < -0.39 is 0 Å². The molecule has 1 aliphatic rings. The quantitative estimate of drug-likeness (QED) is 0.562. The fourth-order valence-electron chi connectivity index (χ4n) is 2.07. The molecule has 2 rings (SSSR count). The van der Waals surface area contributed by atoms with Gasteiger partial charge in [-0.15, -0.1) is 0 Å². The summed E-state index contributed by atoms with van der Waals surface area (Å²) in [5, 5.41) is 6.39. The molecule has 0 atom stereocenters. The lowest BCUT2D eigenvalue weighted by molar-refractivity contribution is 0.436. The van der Waals surface area contributed by atoms with Gasteiger partial charge in [0, 0.05) is 19.3 Å². The van der Waals surface area contributed by atoms with Crippen molar-refractivity contribution in [3.8, 4) is 0 Å². The van der Waals surface area contributed by atoms with E-state index in [0.717, 1.165) is 12.8 Å². The normalized spacial score (nSPS) is 15.5. The molecule has 0 radical (unpaired) electrons. The van der Waals surface area contributed by atoms with Crippen LogP contribution in [0.1, 0.15) is 11.1 Å². The molecule has 2 N–H and O–H groups in total. The lowest BCUT2D eigenvalue weighted by Gasteiger charge is -2.11. The number of hydrogen-bond acceptors (Lipinski definition) is 2. The maximum absolute atomic E-state index is 11.8. The highest BCUT2D eigenvalue weighted by atomic mass is 19.1.